The predicted molar refractivity (Wildman–Crippen MR) is 97.8 cm³/mol. The number of hydrogen-bond acceptors (Lipinski definition) is 3. The Kier molecular flexibility index (Phi) is 6.63. The van der Waals surface area contributed by atoms with Gasteiger partial charge in [-0.15, -0.1) is 12.4 Å². The van der Waals surface area contributed by atoms with Crippen molar-refractivity contribution in [2.75, 3.05) is 25.0 Å². The van der Waals surface area contributed by atoms with Crippen LogP contribution in [0.2, 0.25) is 0 Å². The number of carbonyl (C=O) groups excluding carboxylic acids is 2. The molecule has 3 rings (SSSR count). The van der Waals surface area contributed by atoms with Crippen molar-refractivity contribution in [3.05, 3.63) is 29.3 Å². The molecule has 1 atom stereocenters. The monoisotopic (exact) mass is 351 g/mol. The number of likely N-dealkylation sites (tertiary alicyclic amines) is 1. The molecule has 2 amide bonds. The maximum atomic E-state index is 12.4. The van der Waals surface area contributed by atoms with E-state index >= 15 is 0 Å². The van der Waals surface area contributed by atoms with Crippen molar-refractivity contribution in [3.63, 3.8) is 0 Å². The third-order valence-corrected chi connectivity index (χ3v) is 4.73. The molecule has 2 aliphatic rings. The molecule has 2 aliphatic heterocycles. The average molecular weight is 352 g/mol. The SMILES string of the molecule is Cc1cc(C(=O)N2CCCC2)ccc1NC(=O)CC1CCCN1.Cl. The molecule has 0 radical (unpaired) electrons. The minimum Gasteiger partial charge on any atom is -0.339 e. The van der Waals surface area contributed by atoms with Crippen LogP contribution in [0.1, 0.15) is 48.0 Å². The maximum absolute atomic E-state index is 12.4. The molecule has 0 aliphatic carbocycles. The number of amides is 2. The first-order valence-electron chi connectivity index (χ1n) is 8.56. The van der Waals surface area contributed by atoms with E-state index in [0.717, 1.165) is 56.6 Å². The van der Waals surface area contributed by atoms with Crippen LogP contribution in [0.25, 0.3) is 0 Å². The Morgan fingerprint density at radius 3 is 2.62 bits per heavy atom. The molecule has 1 aromatic rings. The number of nitrogens with one attached hydrogen (secondary N) is 2. The highest BCUT2D eigenvalue weighted by atomic mass is 35.5. The van der Waals surface area contributed by atoms with Gasteiger partial charge in [0.25, 0.3) is 5.91 Å². The number of carbonyl (C=O) groups is 2. The molecule has 2 heterocycles. The van der Waals surface area contributed by atoms with Gasteiger partial charge in [-0.2, -0.15) is 0 Å². The fourth-order valence-electron chi connectivity index (χ4n) is 3.40. The van der Waals surface area contributed by atoms with Crippen molar-refractivity contribution in [2.24, 2.45) is 0 Å². The Balaban J connectivity index is 0.00000208. The van der Waals surface area contributed by atoms with Gasteiger partial charge < -0.3 is 15.5 Å². The lowest BCUT2D eigenvalue weighted by molar-refractivity contribution is -0.116. The van der Waals surface area contributed by atoms with Crippen molar-refractivity contribution in [1.29, 1.82) is 0 Å². The van der Waals surface area contributed by atoms with E-state index in [1.165, 1.54) is 0 Å². The van der Waals surface area contributed by atoms with Crippen LogP contribution in [-0.2, 0) is 4.79 Å². The van der Waals surface area contributed by atoms with Crippen LogP contribution in [-0.4, -0.2) is 42.4 Å². The van der Waals surface area contributed by atoms with Gasteiger partial charge in [0.1, 0.15) is 0 Å². The average Bonchev–Trinajstić information content (AvgIpc) is 3.21. The number of aryl methyl sites for hydroxylation is 1. The minimum absolute atomic E-state index is 0. The van der Waals surface area contributed by atoms with Gasteiger partial charge in [-0.1, -0.05) is 0 Å². The van der Waals surface area contributed by atoms with Crippen molar-refractivity contribution in [2.45, 2.75) is 45.1 Å². The Hall–Kier alpha value is -1.59. The molecule has 2 fully saturated rings. The molecular formula is C18H26ClN3O2. The minimum atomic E-state index is 0. The van der Waals surface area contributed by atoms with Crippen molar-refractivity contribution in [3.8, 4) is 0 Å². The second-order valence-electron chi connectivity index (χ2n) is 6.57. The first-order chi connectivity index (χ1) is 11.1. The first kappa shape index (κ1) is 18.7. The zero-order valence-electron chi connectivity index (χ0n) is 14.1. The summed E-state index contributed by atoms with van der Waals surface area (Å²) in [5.41, 5.74) is 2.44. The van der Waals surface area contributed by atoms with Gasteiger partial charge in [-0.3, -0.25) is 9.59 Å². The molecule has 0 aromatic heterocycles. The van der Waals surface area contributed by atoms with Crippen molar-refractivity contribution >= 4 is 29.9 Å². The summed E-state index contributed by atoms with van der Waals surface area (Å²) in [4.78, 5) is 26.4. The smallest absolute Gasteiger partial charge is 0.253 e. The van der Waals surface area contributed by atoms with Crippen LogP contribution in [0.4, 0.5) is 5.69 Å². The second-order valence-corrected chi connectivity index (χ2v) is 6.57. The van der Waals surface area contributed by atoms with Crippen LogP contribution >= 0.6 is 12.4 Å². The molecule has 1 unspecified atom stereocenters. The summed E-state index contributed by atoms with van der Waals surface area (Å²) in [6.45, 7) is 4.64. The fourth-order valence-corrected chi connectivity index (χ4v) is 3.40. The van der Waals surface area contributed by atoms with E-state index < -0.39 is 0 Å². The van der Waals surface area contributed by atoms with Crippen molar-refractivity contribution < 1.29 is 9.59 Å². The molecule has 24 heavy (non-hydrogen) atoms. The summed E-state index contributed by atoms with van der Waals surface area (Å²) in [6.07, 6.45) is 4.90. The normalized spacial score (nSPS) is 19.9. The van der Waals surface area contributed by atoms with E-state index in [2.05, 4.69) is 10.6 Å². The molecular weight excluding hydrogens is 326 g/mol. The zero-order valence-corrected chi connectivity index (χ0v) is 15.0. The predicted octanol–water partition coefficient (Wildman–Crippen LogP) is 2.73. The van der Waals surface area contributed by atoms with E-state index in [9.17, 15) is 9.59 Å². The first-order valence-corrected chi connectivity index (χ1v) is 8.56. The Bertz CT molecular complexity index is 594. The highest BCUT2D eigenvalue weighted by Crippen LogP contribution is 2.20. The lowest BCUT2D eigenvalue weighted by Crippen LogP contribution is -2.28. The van der Waals surface area contributed by atoms with Gasteiger partial charge in [0, 0.05) is 36.8 Å². The van der Waals surface area contributed by atoms with E-state index in [-0.39, 0.29) is 24.2 Å². The Morgan fingerprint density at radius 2 is 2.00 bits per heavy atom. The number of benzene rings is 1. The van der Waals surface area contributed by atoms with Gasteiger partial charge in [-0.05, 0) is 62.9 Å². The van der Waals surface area contributed by atoms with Gasteiger partial charge in [0.15, 0.2) is 0 Å². The third kappa shape index (κ3) is 4.48. The molecule has 2 saturated heterocycles. The Labute approximate surface area is 149 Å². The van der Waals surface area contributed by atoms with E-state index in [1.54, 1.807) is 0 Å². The van der Waals surface area contributed by atoms with E-state index in [4.69, 9.17) is 0 Å². The van der Waals surface area contributed by atoms with Gasteiger partial charge >= 0.3 is 0 Å². The molecule has 0 bridgehead atoms. The molecule has 0 spiro atoms. The molecule has 2 N–H and O–H groups in total. The summed E-state index contributed by atoms with van der Waals surface area (Å²) in [5.74, 6) is 0.129. The lowest BCUT2D eigenvalue weighted by Gasteiger charge is -2.17. The molecule has 6 heteroatoms. The third-order valence-electron chi connectivity index (χ3n) is 4.73. The summed E-state index contributed by atoms with van der Waals surface area (Å²) < 4.78 is 0. The molecule has 5 nitrogen and oxygen atoms in total. The number of nitrogens with zero attached hydrogens (tertiary/aromatic N) is 1. The topological polar surface area (TPSA) is 61.4 Å². The van der Waals surface area contributed by atoms with Crippen molar-refractivity contribution in [1.82, 2.24) is 10.2 Å². The van der Waals surface area contributed by atoms with Gasteiger partial charge in [0.2, 0.25) is 5.91 Å². The molecule has 0 saturated carbocycles. The van der Waals surface area contributed by atoms with Crippen LogP contribution in [0.3, 0.4) is 0 Å². The number of halogens is 1. The fraction of sp³-hybridized carbons (Fsp3) is 0.556. The van der Waals surface area contributed by atoms with Gasteiger partial charge in [0.05, 0.1) is 0 Å². The van der Waals surface area contributed by atoms with Gasteiger partial charge in [-0.25, -0.2) is 0 Å². The second kappa shape index (κ2) is 8.49. The lowest BCUT2D eigenvalue weighted by atomic mass is 10.1. The van der Waals surface area contributed by atoms with E-state index in [0.29, 0.717) is 18.0 Å². The quantitative estimate of drug-likeness (QED) is 0.876. The van der Waals surface area contributed by atoms with E-state index in [1.807, 2.05) is 30.0 Å². The number of anilines is 1. The number of rotatable bonds is 4. The molecule has 132 valence electrons. The molecule has 1 aromatic carbocycles. The van der Waals surface area contributed by atoms with Crippen LogP contribution in [0, 0.1) is 6.92 Å². The highest BCUT2D eigenvalue weighted by Gasteiger charge is 2.21. The summed E-state index contributed by atoms with van der Waals surface area (Å²) in [5, 5.41) is 6.30. The number of hydrogen-bond donors (Lipinski definition) is 2. The van der Waals surface area contributed by atoms with Crippen LogP contribution in [0.5, 0.6) is 0 Å². The summed E-state index contributed by atoms with van der Waals surface area (Å²) in [6, 6.07) is 5.84. The van der Waals surface area contributed by atoms with Crippen LogP contribution in [0.15, 0.2) is 18.2 Å². The maximum Gasteiger partial charge on any atom is 0.253 e. The Morgan fingerprint density at radius 1 is 1.25 bits per heavy atom. The summed E-state index contributed by atoms with van der Waals surface area (Å²) >= 11 is 0. The zero-order chi connectivity index (χ0) is 16.2. The largest absolute Gasteiger partial charge is 0.339 e. The summed E-state index contributed by atoms with van der Waals surface area (Å²) in [7, 11) is 0. The van der Waals surface area contributed by atoms with Crippen LogP contribution < -0.4 is 10.6 Å². The standard InChI is InChI=1S/C18H25N3O2.ClH/c1-13-11-14(18(23)21-9-2-3-10-21)6-7-16(13)20-17(22)12-15-5-4-8-19-15;/h6-7,11,15,19H,2-5,8-10,12H2,1H3,(H,20,22);1H. The highest BCUT2D eigenvalue weighted by molar-refractivity contribution is 5.96.